The van der Waals surface area contributed by atoms with E-state index in [9.17, 15) is 14.9 Å². The predicted molar refractivity (Wildman–Crippen MR) is 106 cm³/mol. The van der Waals surface area contributed by atoms with Crippen molar-refractivity contribution < 1.29 is 14.1 Å². The molecule has 2 aromatic heterocycles. The molecule has 0 aliphatic heterocycles. The van der Waals surface area contributed by atoms with Gasteiger partial charge in [0.05, 0.1) is 10.6 Å². The number of aromatic nitrogens is 1. The van der Waals surface area contributed by atoms with Gasteiger partial charge in [-0.25, -0.2) is 4.98 Å². The number of thiazole rings is 1. The third-order valence-electron chi connectivity index (χ3n) is 3.78. The van der Waals surface area contributed by atoms with Crippen LogP contribution in [-0.4, -0.2) is 15.8 Å². The van der Waals surface area contributed by atoms with Gasteiger partial charge in [-0.05, 0) is 24.3 Å². The van der Waals surface area contributed by atoms with Gasteiger partial charge in [-0.2, -0.15) is 0 Å². The first kappa shape index (κ1) is 17.4. The number of nitro groups is 1. The van der Waals surface area contributed by atoms with Crippen molar-refractivity contribution in [3.05, 3.63) is 74.3 Å². The predicted octanol–water partition coefficient (Wildman–Crippen LogP) is 5.48. The van der Waals surface area contributed by atoms with E-state index in [2.05, 4.69) is 26.2 Å². The van der Waals surface area contributed by atoms with E-state index in [1.165, 1.54) is 23.5 Å². The van der Waals surface area contributed by atoms with Gasteiger partial charge in [0.25, 0.3) is 11.6 Å². The lowest BCUT2D eigenvalue weighted by Crippen LogP contribution is -2.10. The van der Waals surface area contributed by atoms with Crippen LogP contribution in [0.15, 0.2) is 62.8 Å². The molecule has 0 atom stereocenters. The lowest BCUT2D eigenvalue weighted by molar-refractivity contribution is -0.384. The van der Waals surface area contributed by atoms with Crippen molar-refractivity contribution >= 4 is 55.0 Å². The fourth-order valence-electron chi connectivity index (χ4n) is 2.53. The van der Waals surface area contributed by atoms with Crippen LogP contribution < -0.4 is 5.32 Å². The van der Waals surface area contributed by atoms with Gasteiger partial charge in [-0.1, -0.05) is 28.1 Å². The smallest absolute Gasteiger partial charge is 0.293 e. The first-order chi connectivity index (χ1) is 13.0. The molecule has 0 radical (unpaired) electrons. The molecule has 1 amide bonds. The van der Waals surface area contributed by atoms with E-state index in [4.69, 9.17) is 4.42 Å². The molecule has 4 aromatic rings. The number of anilines is 1. The number of rotatable bonds is 4. The highest BCUT2D eigenvalue weighted by atomic mass is 79.9. The van der Waals surface area contributed by atoms with Gasteiger partial charge in [0, 0.05) is 32.9 Å². The van der Waals surface area contributed by atoms with Gasteiger partial charge in [0.2, 0.25) is 0 Å². The number of nitro benzene ring substituents is 1. The maximum Gasteiger partial charge on any atom is 0.293 e. The Kier molecular flexibility index (Phi) is 4.46. The minimum absolute atomic E-state index is 0.0143. The highest BCUT2D eigenvalue weighted by molar-refractivity contribution is 9.10. The second kappa shape index (κ2) is 6.93. The van der Waals surface area contributed by atoms with Crippen LogP contribution >= 0.6 is 27.3 Å². The Morgan fingerprint density at radius 2 is 2.07 bits per heavy atom. The molecule has 9 heteroatoms. The van der Waals surface area contributed by atoms with Gasteiger partial charge in [-0.3, -0.25) is 20.2 Å². The Balaban J connectivity index is 1.55. The van der Waals surface area contributed by atoms with E-state index in [0.29, 0.717) is 22.0 Å². The molecule has 0 aliphatic carbocycles. The third-order valence-corrected chi connectivity index (χ3v) is 5.03. The fraction of sp³-hybridized carbons (Fsp3) is 0. The van der Waals surface area contributed by atoms with Crippen LogP contribution in [0.1, 0.15) is 10.6 Å². The van der Waals surface area contributed by atoms with Gasteiger partial charge >= 0.3 is 0 Å². The number of hydrogen-bond acceptors (Lipinski definition) is 6. The minimum Gasteiger partial charge on any atom is -0.451 e. The van der Waals surface area contributed by atoms with Gasteiger partial charge in [0.1, 0.15) is 5.58 Å². The Morgan fingerprint density at radius 1 is 1.22 bits per heavy atom. The Hall–Kier alpha value is -3.04. The van der Waals surface area contributed by atoms with Crippen LogP contribution in [0.4, 0.5) is 10.8 Å². The van der Waals surface area contributed by atoms with Crippen molar-refractivity contribution in [1.29, 1.82) is 0 Å². The standard InChI is InChI=1S/C18H10BrN3O4S/c19-12-4-5-15-11(6-12)8-16(26-15)17(23)21-18-20-14(9-27-18)10-2-1-3-13(7-10)22(24)25/h1-9H,(H,20,21,23). The number of benzene rings is 2. The lowest BCUT2D eigenvalue weighted by Gasteiger charge is -1.98. The molecule has 27 heavy (non-hydrogen) atoms. The molecule has 2 aromatic carbocycles. The van der Waals surface area contributed by atoms with Crippen LogP contribution in [0.5, 0.6) is 0 Å². The normalized spacial score (nSPS) is 10.9. The first-order valence-corrected chi connectivity index (χ1v) is 9.38. The number of carbonyl (C=O) groups excluding carboxylic acids is 1. The molecule has 0 spiro atoms. The molecule has 0 aliphatic rings. The summed E-state index contributed by atoms with van der Waals surface area (Å²) in [4.78, 5) is 27.2. The fourth-order valence-corrected chi connectivity index (χ4v) is 3.62. The highest BCUT2D eigenvalue weighted by Gasteiger charge is 2.15. The Bertz CT molecular complexity index is 1180. The van der Waals surface area contributed by atoms with E-state index >= 15 is 0 Å². The average Bonchev–Trinajstić information content (AvgIpc) is 3.28. The van der Waals surface area contributed by atoms with Gasteiger partial charge in [-0.15, -0.1) is 11.3 Å². The minimum atomic E-state index is -0.460. The number of non-ortho nitro benzene ring substituents is 1. The topological polar surface area (TPSA) is 98.3 Å². The van der Waals surface area contributed by atoms with Crippen molar-refractivity contribution in [3.63, 3.8) is 0 Å². The summed E-state index contributed by atoms with van der Waals surface area (Å²) in [7, 11) is 0. The van der Waals surface area contributed by atoms with Crippen molar-refractivity contribution in [2.45, 2.75) is 0 Å². The summed E-state index contributed by atoms with van der Waals surface area (Å²) >= 11 is 4.61. The number of nitrogens with zero attached hydrogens (tertiary/aromatic N) is 2. The average molecular weight is 444 g/mol. The summed E-state index contributed by atoms with van der Waals surface area (Å²) < 4.78 is 6.45. The highest BCUT2D eigenvalue weighted by Crippen LogP contribution is 2.28. The number of fused-ring (bicyclic) bond motifs is 1. The first-order valence-electron chi connectivity index (χ1n) is 7.70. The van der Waals surface area contributed by atoms with Crippen LogP contribution in [0.2, 0.25) is 0 Å². The number of carbonyl (C=O) groups is 1. The molecule has 4 rings (SSSR count). The largest absolute Gasteiger partial charge is 0.451 e. The number of furan rings is 1. The third kappa shape index (κ3) is 3.60. The van der Waals surface area contributed by atoms with Gasteiger partial charge < -0.3 is 4.42 Å². The summed E-state index contributed by atoms with van der Waals surface area (Å²) in [5, 5.41) is 16.5. The Labute approximate surface area is 164 Å². The molecular formula is C18H10BrN3O4S. The molecule has 0 unspecified atom stereocenters. The molecule has 0 saturated carbocycles. The zero-order valence-corrected chi connectivity index (χ0v) is 15.9. The van der Waals surface area contributed by atoms with Crippen LogP contribution in [0.25, 0.3) is 22.2 Å². The molecule has 7 nitrogen and oxygen atoms in total. The zero-order valence-electron chi connectivity index (χ0n) is 13.5. The van der Waals surface area contributed by atoms with Crippen molar-refractivity contribution in [2.24, 2.45) is 0 Å². The molecule has 0 bridgehead atoms. The molecule has 1 N–H and O–H groups in total. The number of nitrogens with one attached hydrogen (secondary N) is 1. The van der Waals surface area contributed by atoms with Crippen molar-refractivity contribution in [2.75, 3.05) is 5.32 Å². The number of amides is 1. The monoisotopic (exact) mass is 443 g/mol. The van der Waals surface area contributed by atoms with Crippen LogP contribution in [0, 0.1) is 10.1 Å². The number of hydrogen-bond donors (Lipinski definition) is 1. The summed E-state index contributed by atoms with van der Waals surface area (Å²) in [5.74, 6) is -0.238. The summed E-state index contributed by atoms with van der Waals surface area (Å²) in [6, 6.07) is 13.3. The quantitative estimate of drug-likeness (QED) is 0.332. The summed E-state index contributed by atoms with van der Waals surface area (Å²) in [6.45, 7) is 0. The van der Waals surface area contributed by atoms with Crippen LogP contribution in [-0.2, 0) is 0 Å². The molecule has 2 heterocycles. The molecule has 0 saturated heterocycles. The SMILES string of the molecule is O=C(Nc1nc(-c2cccc([N+](=O)[O-])c2)cs1)c1cc2cc(Br)ccc2o1. The van der Waals surface area contributed by atoms with Gasteiger partial charge in [0.15, 0.2) is 10.9 Å². The van der Waals surface area contributed by atoms with Crippen molar-refractivity contribution in [1.82, 2.24) is 4.98 Å². The van der Waals surface area contributed by atoms with E-state index in [0.717, 1.165) is 9.86 Å². The maximum absolute atomic E-state index is 12.4. The van der Waals surface area contributed by atoms with E-state index in [-0.39, 0.29) is 11.4 Å². The molecule has 0 fully saturated rings. The van der Waals surface area contributed by atoms with Crippen LogP contribution in [0.3, 0.4) is 0 Å². The second-order valence-corrected chi connectivity index (χ2v) is 7.37. The molecular weight excluding hydrogens is 434 g/mol. The zero-order chi connectivity index (χ0) is 19.0. The van der Waals surface area contributed by atoms with Crippen molar-refractivity contribution in [3.8, 4) is 11.3 Å². The Morgan fingerprint density at radius 3 is 2.89 bits per heavy atom. The summed E-state index contributed by atoms with van der Waals surface area (Å²) in [5.41, 5.74) is 1.75. The second-order valence-electron chi connectivity index (χ2n) is 5.59. The molecule has 134 valence electrons. The number of halogens is 1. The van der Waals surface area contributed by atoms with E-state index in [1.807, 2.05) is 12.1 Å². The summed E-state index contributed by atoms with van der Waals surface area (Å²) in [6.07, 6.45) is 0. The lowest BCUT2D eigenvalue weighted by atomic mass is 10.1. The maximum atomic E-state index is 12.4. The van der Waals surface area contributed by atoms with E-state index in [1.54, 1.807) is 29.6 Å². The van der Waals surface area contributed by atoms with E-state index < -0.39 is 10.8 Å².